The Kier molecular flexibility index (Phi) is 7.38. The quantitative estimate of drug-likeness (QED) is 0.175. The van der Waals surface area contributed by atoms with Crippen LogP contribution < -0.4 is 14.7 Å². The van der Waals surface area contributed by atoms with Crippen molar-refractivity contribution < 1.29 is 0 Å². The van der Waals surface area contributed by atoms with Crippen molar-refractivity contribution in [2.24, 2.45) is 0 Å². The summed E-state index contributed by atoms with van der Waals surface area (Å²) in [7, 11) is 0. The van der Waals surface area contributed by atoms with E-state index < -0.39 is 0 Å². The monoisotopic (exact) mass is 670 g/mol. The van der Waals surface area contributed by atoms with Gasteiger partial charge in [0.15, 0.2) is 0 Å². The minimum atomic E-state index is 0.876. The van der Waals surface area contributed by atoms with Crippen LogP contribution in [0.2, 0.25) is 0 Å². The first-order chi connectivity index (χ1) is 25.8. The summed E-state index contributed by atoms with van der Waals surface area (Å²) in [5.41, 5.74) is 12.0. The van der Waals surface area contributed by atoms with Crippen LogP contribution in [0.5, 0.6) is 0 Å². The summed E-state index contributed by atoms with van der Waals surface area (Å²) in [5, 5.41) is 5.06. The van der Waals surface area contributed by atoms with Crippen molar-refractivity contribution in [3.8, 4) is 0 Å². The Morgan fingerprint density at radius 2 is 1.08 bits per heavy atom. The van der Waals surface area contributed by atoms with Crippen LogP contribution >= 0.6 is 0 Å². The van der Waals surface area contributed by atoms with Gasteiger partial charge >= 0.3 is 0 Å². The van der Waals surface area contributed by atoms with Crippen molar-refractivity contribution in [2.45, 2.75) is 12.8 Å². The predicted octanol–water partition coefficient (Wildman–Crippen LogP) is 12.9. The summed E-state index contributed by atoms with van der Waals surface area (Å²) < 4.78 is 2.43. The van der Waals surface area contributed by atoms with Crippen LogP contribution in [0.3, 0.4) is 0 Å². The number of hydrogen-bond donors (Lipinski definition) is 0. The van der Waals surface area contributed by atoms with Gasteiger partial charge in [-0.2, -0.15) is 0 Å². The normalized spacial score (nSPS) is 14.2. The standard InChI is InChI=1S/C48H38N4/c1-3-15-38(16-4-1)51(42-24-23-35-13-7-8-14-36(35)33-42)40-27-25-37(26-28-40)49-31-32-50(48-22-12-11-21-47(48)49)41-29-30-46-44(34-41)43-19-9-10-20-45(43)52(46)39-17-5-2-6-18-39/h1,3-5,7-30,33-34H,2,6,31-32H2. The average Bonchev–Trinajstić information content (AvgIpc) is 3.55. The molecule has 0 radical (unpaired) electrons. The summed E-state index contributed by atoms with van der Waals surface area (Å²) in [6.45, 7) is 1.75. The molecule has 1 aliphatic carbocycles. The molecule has 1 aromatic heterocycles. The van der Waals surface area contributed by atoms with E-state index in [0.29, 0.717) is 0 Å². The summed E-state index contributed by atoms with van der Waals surface area (Å²) in [6.07, 6.45) is 9.12. The van der Waals surface area contributed by atoms with Crippen LogP contribution in [0.15, 0.2) is 182 Å². The minimum Gasteiger partial charge on any atom is -0.338 e. The molecule has 2 heterocycles. The lowest BCUT2D eigenvalue weighted by Crippen LogP contribution is -2.36. The molecule has 0 atom stereocenters. The zero-order valence-corrected chi connectivity index (χ0v) is 28.9. The topological polar surface area (TPSA) is 14.7 Å². The highest BCUT2D eigenvalue weighted by Crippen LogP contribution is 2.44. The highest BCUT2D eigenvalue weighted by atomic mass is 15.3. The van der Waals surface area contributed by atoms with Crippen LogP contribution in [0.25, 0.3) is 38.3 Å². The first-order valence-electron chi connectivity index (χ1n) is 18.3. The van der Waals surface area contributed by atoms with Crippen LogP contribution in [-0.4, -0.2) is 17.7 Å². The molecule has 0 amide bonds. The van der Waals surface area contributed by atoms with Gasteiger partial charge in [-0.05, 0) is 115 Å². The molecule has 0 unspecified atom stereocenters. The van der Waals surface area contributed by atoms with E-state index in [1.54, 1.807) is 0 Å². The van der Waals surface area contributed by atoms with Crippen LogP contribution in [0.4, 0.5) is 39.8 Å². The SMILES string of the molecule is C1=CC(n2c3ccccc3c3cc(N4CCN(c5ccc(N(c6ccccc6)c6ccc7ccccc7c6)cc5)c5ccccc54)ccc32)=CCC1. The molecule has 0 spiro atoms. The molecule has 2 aliphatic rings. The molecule has 0 saturated carbocycles. The van der Waals surface area contributed by atoms with Crippen molar-refractivity contribution in [2.75, 3.05) is 27.8 Å². The van der Waals surface area contributed by atoms with E-state index in [1.807, 2.05) is 0 Å². The number of para-hydroxylation sites is 4. The summed E-state index contributed by atoms with van der Waals surface area (Å²) in [4.78, 5) is 7.30. The second kappa shape index (κ2) is 12.7. The zero-order chi connectivity index (χ0) is 34.4. The first-order valence-corrected chi connectivity index (χ1v) is 18.3. The number of aromatic nitrogens is 1. The summed E-state index contributed by atoms with van der Waals surface area (Å²) in [5.74, 6) is 0. The molecule has 0 bridgehead atoms. The Balaban J connectivity index is 1.000. The van der Waals surface area contributed by atoms with E-state index in [4.69, 9.17) is 0 Å². The number of hydrogen-bond acceptors (Lipinski definition) is 3. The summed E-state index contributed by atoms with van der Waals surface area (Å²) >= 11 is 0. The number of anilines is 7. The fourth-order valence-corrected chi connectivity index (χ4v) is 8.19. The first kappa shape index (κ1) is 30.3. The zero-order valence-electron chi connectivity index (χ0n) is 28.9. The van der Waals surface area contributed by atoms with Gasteiger partial charge in [0, 0.05) is 58.0 Å². The second-order valence-electron chi connectivity index (χ2n) is 13.7. The van der Waals surface area contributed by atoms with Gasteiger partial charge in [0.2, 0.25) is 0 Å². The molecule has 1 aliphatic heterocycles. The van der Waals surface area contributed by atoms with Gasteiger partial charge in [-0.3, -0.25) is 0 Å². The Morgan fingerprint density at radius 1 is 0.442 bits per heavy atom. The Hall–Kier alpha value is -6.52. The maximum atomic E-state index is 2.49. The average molecular weight is 671 g/mol. The Labute approximate surface area is 304 Å². The number of nitrogens with zero attached hydrogens (tertiary/aromatic N) is 4. The Morgan fingerprint density at radius 3 is 1.87 bits per heavy atom. The molecule has 7 aromatic carbocycles. The maximum absolute atomic E-state index is 2.49. The fraction of sp³-hybridized carbons (Fsp3) is 0.0833. The van der Waals surface area contributed by atoms with E-state index in [1.165, 1.54) is 61.0 Å². The summed E-state index contributed by atoms with van der Waals surface area (Å²) in [6, 6.07) is 59.6. The predicted molar refractivity (Wildman–Crippen MR) is 221 cm³/mol. The Bertz CT molecular complexity index is 2650. The molecule has 4 nitrogen and oxygen atoms in total. The highest BCUT2D eigenvalue weighted by Gasteiger charge is 2.26. The smallest absolute Gasteiger partial charge is 0.0652 e. The number of benzene rings is 7. The van der Waals surface area contributed by atoms with Gasteiger partial charge in [-0.15, -0.1) is 0 Å². The van der Waals surface area contributed by atoms with Crippen molar-refractivity contribution >= 4 is 78.1 Å². The van der Waals surface area contributed by atoms with E-state index in [-0.39, 0.29) is 0 Å². The van der Waals surface area contributed by atoms with Gasteiger partial charge < -0.3 is 19.3 Å². The third kappa shape index (κ3) is 5.15. The molecule has 10 rings (SSSR count). The van der Waals surface area contributed by atoms with Crippen LogP contribution in [-0.2, 0) is 0 Å². The molecule has 4 heteroatoms. The van der Waals surface area contributed by atoms with Crippen molar-refractivity contribution in [3.05, 3.63) is 182 Å². The van der Waals surface area contributed by atoms with E-state index >= 15 is 0 Å². The lowest BCUT2D eigenvalue weighted by molar-refractivity contribution is 0.850. The van der Waals surface area contributed by atoms with Crippen molar-refractivity contribution in [3.63, 3.8) is 0 Å². The minimum absolute atomic E-state index is 0.876. The van der Waals surface area contributed by atoms with Crippen LogP contribution in [0, 0.1) is 0 Å². The van der Waals surface area contributed by atoms with Crippen LogP contribution in [0.1, 0.15) is 12.8 Å². The molecule has 8 aromatic rings. The fourth-order valence-electron chi connectivity index (χ4n) is 8.19. The second-order valence-corrected chi connectivity index (χ2v) is 13.7. The van der Waals surface area contributed by atoms with E-state index in [2.05, 4.69) is 201 Å². The van der Waals surface area contributed by atoms with Crippen molar-refractivity contribution in [1.82, 2.24) is 4.57 Å². The third-order valence-corrected chi connectivity index (χ3v) is 10.6. The van der Waals surface area contributed by atoms with Gasteiger partial charge in [-0.25, -0.2) is 0 Å². The van der Waals surface area contributed by atoms with Gasteiger partial charge in [0.25, 0.3) is 0 Å². The number of rotatable bonds is 6. The molecule has 52 heavy (non-hydrogen) atoms. The number of allylic oxidation sites excluding steroid dienone is 4. The van der Waals surface area contributed by atoms with Gasteiger partial charge in [0.05, 0.1) is 22.4 Å². The molecule has 250 valence electrons. The molecular weight excluding hydrogens is 633 g/mol. The molecular formula is C48H38N4. The van der Waals surface area contributed by atoms with Crippen molar-refractivity contribution in [1.29, 1.82) is 0 Å². The van der Waals surface area contributed by atoms with E-state index in [0.717, 1.165) is 43.0 Å². The molecule has 0 N–H and O–H groups in total. The lowest BCUT2D eigenvalue weighted by Gasteiger charge is -2.39. The lowest BCUT2D eigenvalue weighted by atomic mass is 10.1. The van der Waals surface area contributed by atoms with E-state index in [9.17, 15) is 0 Å². The maximum Gasteiger partial charge on any atom is 0.0652 e. The van der Waals surface area contributed by atoms with Gasteiger partial charge in [0.1, 0.15) is 0 Å². The largest absolute Gasteiger partial charge is 0.338 e. The number of fused-ring (bicyclic) bond motifs is 5. The highest BCUT2D eigenvalue weighted by molar-refractivity contribution is 6.11. The molecule has 0 saturated heterocycles. The van der Waals surface area contributed by atoms with Gasteiger partial charge in [-0.1, -0.05) is 91.0 Å². The molecule has 0 fully saturated rings. The third-order valence-electron chi connectivity index (χ3n) is 10.6.